The molecule has 150 valence electrons. The number of ether oxygens (including phenoxy) is 2. The van der Waals surface area contributed by atoms with Crippen LogP contribution in [0.5, 0.6) is 0 Å². The number of amides is 2. The van der Waals surface area contributed by atoms with Crippen LogP contribution in [-0.2, 0) is 19.1 Å². The van der Waals surface area contributed by atoms with Gasteiger partial charge < -0.3 is 19.7 Å². The Morgan fingerprint density at radius 3 is 2.32 bits per heavy atom. The predicted molar refractivity (Wildman–Crippen MR) is 101 cm³/mol. The van der Waals surface area contributed by atoms with Crippen molar-refractivity contribution in [3.63, 3.8) is 0 Å². The molecule has 0 bridgehead atoms. The molecule has 28 heavy (non-hydrogen) atoms. The van der Waals surface area contributed by atoms with Gasteiger partial charge in [-0.25, -0.2) is 4.79 Å². The van der Waals surface area contributed by atoms with Crippen LogP contribution < -0.4 is 5.32 Å². The Morgan fingerprint density at radius 2 is 1.79 bits per heavy atom. The normalized spacial score (nSPS) is 14.7. The van der Waals surface area contributed by atoms with Crippen molar-refractivity contribution >= 4 is 23.7 Å². The molecule has 0 unspecified atom stereocenters. The predicted octanol–water partition coefficient (Wildman–Crippen LogP) is 2.69. The minimum atomic E-state index is -0.560. The number of nitriles is 1. The van der Waals surface area contributed by atoms with Gasteiger partial charge >= 0.3 is 12.1 Å². The van der Waals surface area contributed by atoms with Gasteiger partial charge in [-0.15, -0.1) is 0 Å². The Hall–Kier alpha value is -3.08. The van der Waals surface area contributed by atoms with Gasteiger partial charge in [0, 0.05) is 18.8 Å². The molecule has 1 aromatic carbocycles. The van der Waals surface area contributed by atoms with Crippen molar-refractivity contribution in [3.05, 3.63) is 29.8 Å². The Bertz CT molecular complexity index is 754. The number of piperidine rings is 1. The molecule has 2 rings (SSSR count). The van der Waals surface area contributed by atoms with Crippen LogP contribution in [0.1, 0.15) is 39.2 Å². The SMILES string of the molecule is CC(C)(C)OC(=O)N1CCC(C(=O)OCC(=O)Nc2ccc(C#N)cc2)CC1. The highest BCUT2D eigenvalue weighted by molar-refractivity contribution is 5.93. The van der Waals surface area contributed by atoms with Gasteiger partial charge in [0.2, 0.25) is 0 Å². The quantitative estimate of drug-likeness (QED) is 0.796. The number of carbonyl (C=O) groups excluding carboxylic acids is 3. The lowest BCUT2D eigenvalue weighted by molar-refractivity contribution is -0.153. The molecule has 0 saturated carbocycles. The van der Waals surface area contributed by atoms with Crippen LogP contribution in [-0.4, -0.2) is 48.2 Å². The highest BCUT2D eigenvalue weighted by atomic mass is 16.6. The van der Waals surface area contributed by atoms with E-state index in [0.29, 0.717) is 37.2 Å². The average Bonchev–Trinajstić information content (AvgIpc) is 2.65. The van der Waals surface area contributed by atoms with Gasteiger partial charge in [0.1, 0.15) is 5.60 Å². The number of hydrogen-bond acceptors (Lipinski definition) is 6. The maximum absolute atomic E-state index is 12.2. The summed E-state index contributed by atoms with van der Waals surface area (Å²) in [5.74, 6) is -1.25. The summed E-state index contributed by atoms with van der Waals surface area (Å²) in [5.41, 5.74) is 0.447. The summed E-state index contributed by atoms with van der Waals surface area (Å²) < 4.78 is 10.4. The molecule has 1 fully saturated rings. The first kappa shape index (κ1) is 21.2. The monoisotopic (exact) mass is 387 g/mol. The van der Waals surface area contributed by atoms with Crippen molar-refractivity contribution in [2.45, 2.75) is 39.2 Å². The first-order valence-corrected chi connectivity index (χ1v) is 9.12. The minimum absolute atomic E-state index is 0.346. The van der Waals surface area contributed by atoms with E-state index in [0.717, 1.165) is 0 Å². The van der Waals surface area contributed by atoms with Gasteiger partial charge in [-0.2, -0.15) is 5.26 Å². The molecule has 1 heterocycles. The molecule has 1 aliphatic heterocycles. The number of nitrogens with zero attached hydrogens (tertiary/aromatic N) is 2. The lowest BCUT2D eigenvalue weighted by Crippen LogP contribution is -2.43. The zero-order chi connectivity index (χ0) is 20.7. The fourth-order valence-electron chi connectivity index (χ4n) is 2.70. The van der Waals surface area contributed by atoms with Crippen LogP contribution >= 0.6 is 0 Å². The highest BCUT2D eigenvalue weighted by Gasteiger charge is 2.30. The lowest BCUT2D eigenvalue weighted by Gasteiger charge is -2.32. The van der Waals surface area contributed by atoms with E-state index in [4.69, 9.17) is 14.7 Å². The van der Waals surface area contributed by atoms with Crippen LogP contribution in [0, 0.1) is 17.2 Å². The first-order chi connectivity index (χ1) is 13.2. The second-order valence-electron chi connectivity index (χ2n) is 7.59. The fourth-order valence-corrected chi connectivity index (χ4v) is 2.70. The number of esters is 1. The number of nitrogens with one attached hydrogen (secondary N) is 1. The second-order valence-corrected chi connectivity index (χ2v) is 7.59. The van der Waals surface area contributed by atoms with Crippen molar-refractivity contribution < 1.29 is 23.9 Å². The van der Waals surface area contributed by atoms with Gasteiger partial charge in [0.15, 0.2) is 6.61 Å². The van der Waals surface area contributed by atoms with E-state index in [-0.39, 0.29) is 18.6 Å². The molecule has 1 aliphatic rings. The van der Waals surface area contributed by atoms with E-state index >= 15 is 0 Å². The van der Waals surface area contributed by atoms with E-state index in [9.17, 15) is 14.4 Å². The van der Waals surface area contributed by atoms with Crippen LogP contribution in [0.4, 0.5) is 10.5 Å². The maximum atomic E-state index is 12.2. The van der Waals surface area contributed by atoms with Gasteiger partial charge in [0.05, 0.1) is 17.6 Å². The number of benzene rings is 1. The van der Waals surface area contributed by atoms with Crippen LogP contribution in [0.2, 0.25) is 0 Å². The van der Waals surface area contributed by atoms with Crippen molar-refractivity contribution in [1.82, 2.24) is 4.90 Å². The summed E-state index contributed by atoms with van der Waals surface area (Å²) in [4.78, 5) is 37.7. The molecule has 1 saturated heterocycles. The van der Waals surface area contributed by atoms with Gasteiger partial charge in [-0.3, -0.25) is 9.59 Å². The van der Waals surface area contributed by atoms with E-state index in [1.165, 1.54) is 0 Å². The highest BCUT2D eigenvalue weighted by Crippen LogP contribution is 2.21. The topological polar surface area (TPSA) is 109 Å². The summed E-state index contributed by atoms with van der Waals surface area (Å²) in [6.45, 7) is 5.84. The molecule has 8 heteroatoms. The smallest absolute Gasteiger partial charge is 0.410 e. The van der Waals surface area contributed by atoms with Crippen LogP contribution in [0.25, 0.3) is 0 Å². The Balaban J connectivity index is 1.73. The lowest BCUT2D eigenvalue weighted by atomic mass is 9.97. The van der Waals surface area contributed by atoms with E-state index in [1.807, 2.05) is 6.07 Å². The third-order valence-electron chi connectivity index (χ3n) is 4.12. The fraction of sp³-hybridized carbons (Fsp3) is 0.500. The van der Waals surface area contributed by atoms with Gasteiger partial charge in [-0.1, -0.05) is 0 Å². The summed E-state index contributed by atoms with van der Waals surface area (Å²) >= 11 is 0. The molecule has 1 N–H and O–H groups in total. The first-order valence-electron chi connectivity index (χ1n) is 9.12. The Labute approximate surface area is 164 Å². The van der Waals surface area contributed by atoms with Crippen molar-refractivity contribution in [2.24, 2.45) is 5.92 Å². The molecule has 0 spiro atoms. The van der Waals surface area contributed by atoms with E-state index < -0.39 is 17.5 Å². The minimum Gasteiger partial charge on any atom is -0.455 e. The van der Waals surface area contributed by atoms with E-state index in [2.05, 4.69) is 5.32 Å². The largest absolute Gasteiger partial charge is 0.455 e. The third-order valence-corrected chi connectivity index (χ3v) is 4.12. The van der Waals surface area contributed by atoms with Gasteiger partial charge in [-0.05, 0) is 57.9 Å². The van der Waals surface area contributed by atoms with Crippen LogP contribution in [0.3, 0.4) is 0 Å². The molecule has 2 amide bonds. The zero-order valence-electron chi connectivity index (χ0n) is 16.4. The summed E-state index contributed by atoms with van der Waals surface area (Å²) in [6.07, 6.45) is 0.547. The zero-order valence-corrected chi connectivity index (χ0v) is 16.4. The number of carbonyl (C=O) groups is 3. The van der Waals surface area contributed by atoms with E-state index in [1.54, 1.807) is 49.9 Å². The summed E-state index contributed by atoms with van der Waals surface area (Å²) in [6, 6.07) is 8.36. The Morgan fingerprint density at radius 1 is 1.18 bits per heavy atom. The maximum Gasteiger partial charge on any atom is 0.410 e. The molecule has 0 aliphatic carbocycles. The second kappa shape index (κ2) is 9.22. The number of likely N-dealkylation sites (tertiary alicyclic amines) is 1. The van der Waals surface area contributed by atoms with Crippen molar-refractivity contribution in [1.29, 1.82) is 5.26 Å². The number of anilines is 1. The molecule has 0 radical (unpaired) electrons. The molecular weight excluding hydrogens is 362 g/mol. The number of hydrogen-bond donors (Lipinski definition) is 1. The van der Waals surface area contributed by atoms with Crippen molar-refractivity contribution in [3.8, 4) is 6.07 Å². The van der Waals surface area contributed by atoms with Gasteiger partial charge in [0.25, 0.3) is 5.91 Å². The molecule has 0 aromatic heterocycles. The third kappa shape index (κ3) is 6.58. The standard InChI is InChI=1S/C20H25N3O5/c1-20(2,3)28-19(26)23-10-8-15(9-11-23)18(25)27-13-17(24)22-16-6-4-14(12-21)5-7-16/h4-7,15H,8-11,13H2,1-3H3,(H,22,24). The summed E-state index contributed by atoms with van der Waals surface area (Å²) in [7, 11) is 0. The molecule has 1 aromatic rings. The Kier molecular flexibility index (Phi) is 6.99. The number of rotatable bonds is 4. The molecule has 0 atom stereocenters. The average molecular weight is 387 g/mol. The molecular formula is C20H25N3O5. The molecule has 8 nitrogen and oxygen atoms in total. The van der Waals surface area contributed by atoms with Crippen LogP contribution in [0.15, 0.2) is 24.3 Å². The van der Waals surface area contributed by atoms with Crippen molar-refractivity contribution in [2.75, 3.05) is 25.0 Å². The summed E-state index contributed by atoms with van der Waals surface area (Å²) in [5, 5.41) is 11.4.